The lowest BCUT2D eigenvalue weighted by Gasteiger charge is -2.47. The topological polar surface area (TPSA) is 133 Å². The van der Waals surface area contributed by atoms with Crippen LogP contribution in [-0.2, 0) is 9.47 Å². The SMILES string of the molecule is COC(OC)[C@@]1(C)Oc2ccc([N+](=O)[O-])cc2[C@H](n2c(C(=O)O)cc3ccccc32)[C@H]1O. The van der Waals surface area contributed by atoms with Crippen LogP contribution >= 0.6 is 0 Å². The van der Waals surface area contributed by atoms with Crippen molar-refractivity contribution in [1.29, 1.82) is 0 Å². The number of aromatic carboxylic acids is 1. The van der Waals surface area contributed by atoms with Crippen LogP contribution in [0.2, 0.25) is 0 Å². The van der Waals surface area contributed by atoms with E-state index in [0.29, 0.717) is 10.9 Å². The van der Waals surface area contributed by atoms with Crippen molar-refractivity contribution in [2.45, 2.75) is 31.0 Å². The number of carboxylic acids is 1. The third-order valence-corrected chi connectivity index (χ3v) is 5.88. The standard InChI is InChI=1S/C22H22N2O8/c1-22(21(30-2)31-3)19(25)18(14-11-13(24(28)29)8-9-17(14)32-22)23-15-7-5-4-6-12(15)10-16(23)20(26)27/h4-11,18-19,21,25H,1-3H3,(H,26,27)/t18-,19+,22-/m0/s1. The Morgan fingerprint density at radius 3 is 2.53 bits per heavy atom. The summed E-state index contributed by atoms with van der Waals surface area (Å²) in [4.78, 5) is 23.0. The molecular weight excluding hydrogens is 420 g/mol. The molecule has 0 bridgehead atoms. The molecule has 1 aromatic heterocycles. The minimum absolute atomic E-state index is 0.0802. The number of carboxylic acid groups (broad SMARTS) is 1. The van der Waals surface area contributed by atoms with E-state index < -0.39 is 34.9 Å². The number of aromatic nitrogens is 1. The Hall–Kier alpha value is -3.47. The molecule has 0 spiro atoms. The Morgan fingerprint density at radius 2 is 1.91 bits per heavy atom. The number of aliphatic hydroxyl groups is 1. The number of non-ortho nitro benzene ring substituents is 1. The molecule has 0 unspecified atom stereocenters. The number of methoxy groups -OCH3 is 2. The quantitative estimate of drug-likeness (QED) is 0.338. The van der Waals surface area contributed by atoms with Gasteiger partial charge in [0.25, 0.3) is 5.69 Å². The molecule has 32 heavy (non-hydrogen) atoms. The highest BCUT2D eigenvalue weighted by atomic mass is 16.7. The molecule has 10 heteroatoms. The normalized spacial score (nSPS) is 22.5. The molecule has 3 atom stereocenters. The van der Waals surface area contributed by atoms with Crippen molar-refractivity contribution in [3.05, 3.63) is 69.9 Å². The molecule has 2 aromatic carbocycles. The first kappa shape index (κ1) is 21.8. The van der Waals surface area contributed by atoms with Gasteiger partial charge >= 0.3 is 5.97 Å². The molecule has 0 aliphatic carbocycles. The summed E-state index contributed by atoms with van der Waals surface area (Å²) in [5.41, 5.74) is -0.931. The van der Waals surface area contributed by atoms with Gasteiger partial charge in [0.15, 0.2) is 11.9 Å². The van der Waals surface area contributed by atoms with E-state index in [1.165, 1.54) is 43.1 Å². The lowest BCUT2D eigenvalue weighted by molar-refractivity contribution is -0.385. The van der Waals surface area contributed by atoms with Crippen molar-refractivity contribution in [2.24, 2.45) is 0 Å². The highest BCUT2D eigenvalue weighted by molar-refractivity contribution is 5.95. The molecule has 3 aromatic rings. The zero-order chi connectivity index (χ0) is 23.2. The van der Waals surface area contributed by atoms with Gasteiger partial charge in [-0.2, -0.15) is 0 Å². The molecule has 2 N–H and O–H groups in total. The third-order valence-electron chi connectivity index (χ3n) is 5.88. The minimum atomic E-state index is -1.46. The molecule has 10 nitrogen and oxygen atoms in total. The molecule has 4 rings (SSSR count). The second-order valence-corrected chi connectivity index (χ2v) is 7.72. The monoisotopic (exact) mass is 442 g/mol. The van der Waals surface area contributed by atoms with Gasteiger partial charge in [0.1, 0.15) is 17.5 Å². The van der Waals surface area contributed by atoms with Crippen LogP contribution in [-0.4, -0.2) is 57.9 Å². The molecule has 1 aliphatic rings. The Kier molecular flexibility index (Phi) is 5.37. The molecule has 0 fully saturated rings. The van der Waals surface area contributed by atoms with Gasteiger partial charge in [0.05, 0.1) is 11.0 Å². The second-order valence-electron chi connectivity index (χ2n) is 7.72. The predicted octanol–water partition coefficient (Wildman–Crippen LogP) is 2.97. The smallest absolute Gasteiger partial charge is 0.352 e. The average Bonchev–Trinajstić information content (AvgIpc) is 3.15. The van der Waals surface area contributed by atoms with E-state index in [-0.39, 0.29) is 22.7 Å². The first-order valence-corrected chi connectivity index (χ1v) is 9.77. The number of rotatable bonds is 6. The van der Waals surface area contributed by atoms with Crippen molar-refractivity contribution in [2.75, 3.05) is 14.2 Å². The molecule has 0 amide bonds. The number of nitro benzene ring substituents is 1. The Labute approximate surface area is 182 Å². The fourth-order valence-corrected chi connectivity index (χ4v) is 4.43. The summed E-state index contributed by atoms with van der Waals surface area (Å²) in [5.74, 6) is -0.953. The van der Waals surface area contributed by atoms with Gasteiger partial charge in [-0.15, -0.1) is 0 Å². The lowest BCUT2D eigenvalue weighted by atomic mass is 9.84. The molecule has 0 saturated heterocycles. The van der Waals surface area contributed by atoms with Gasteiger partial charge in [-0.3, -0.25) is 10.1 Å². The largest absolute Gasteiger partial charge is 0.479 e. The number of nitrogens with zero attached hydrogens (tertiary/aromatic N) is 2. The highest BCUT2D eigenvalue weighted by Crippen LogP contribution is 2.47. The third kappa shape index (κ3) is 3.20. The maximum Gasteiger partial charge on any atom is 0.352 e. The van der Waals surface area contributed by atoms with Crippen LogP contribution in [0.1, 0.15) is 29.0 Å². The minimum Gasteiger partial charge on any atom is -0.479 e. The van der Waals surface area contributed by atoms with Crippen molar-refractivity contribution in [3.63, 3.8) is 0 Å². The summed E-state index contributed by atoms with van der Waals surface area (Å²) in [5, 5.41) is 33.6. The van der Waals surface area contributed by atoms with Gasteiger partial charge in [-0.1, -0.05) is 18.2 Å². The number of aliphatic hydroxyl groups excluding tert-OH is 1. The number of hydrogen-bond donors (Lipinski definition) is 2. The molecule has 0 saturated carbocycles. The number of benzene rings is 2. The van der Waals surface area contributed by atoms with Crippen LogP contribution in [0.5, 0.6) is 5.75 Å². The van der Waals surface area contributed by atoms with Crippen molar-refractivity contribution < 1.29 is 34.1 Å². The molecule has 2 heterocycles. The lowest BCUT2D eigenvalue weighted by Crippen LogP contribution is -2.60. The fourth-order valence-electron chi connectivity index (χ4n) is 4.43. The van der Waals surface area contributed by atoms with E-state index in [9.17, 15) is 25.1 Å². The molecular formula is C22H22N2O8. The summed E-state index contributed by atoms with van der Waals surface area (Å²) in [7, 11) is 2.78. The number of para-hydroxylation sites is 1. The molecule has 168 valence electrons. The maximum atomic E-state index is 12.1. The Balaban J connectivity index is 2.05. The van der Waals surface area contributed by atoms with Gasteiger partial charge < -0.3 is 29.0 Å². The summed E-state index contributed by atoms with van der Waals surface area (Å²) < 4.78 is 18.3. The van der Waals surface area contributed by atoms with Crippen LogP contribution in [0.15, 0.2) is 48.5 Å². The second kappa shape index (κ2) is 7.90. The first-order valence-electron chi connectivity index (χ1n) is 9.77. The maximum absolute atomic E-state index is 12.1. The van der Waals surface area contributed by atoms with Crippen LogP contribution in [0, 0.1) is 10.1 Å². The van der Waals surface area contributed by atoms with Crippen LogP contribution in [0.25, 0.3) is 10.9 Å². The number of ether oxygens (including phenoxy) is 3. The predicted molar refractivity (Wildman–Crippen MR) is 113 cm³/mol. The van der Waals surface area contributed by atoms with E-state index in [4.69, 9.17) is 14.2 Å². The summed E-state index contributed by atoms with van der Waals surface area (Å²) >= 11 is 0. The van der Waals surface area contributed by atoms with Crippen molar-refractivity contribution >= 4 is 22.6 Å². The van der Waals surface area contributed by atoms with E-state index in [1.54, 1.807) is 31.2 Å². The summed E-state index contributed by atoms with van der Waals surface area (Å²) in [6.07, 6.45) is -2.41. The fraction of sp³-hybridized carbons (Fsp3) is 0.318. The number of fused-ring (bicyclic) bond motifs is 2. The zero-order valence-electron chi connectivity index (χ0n) is 17.6. The highest BCUT2D eigenvalue weighted by Gasteiger charge is 2.53. The molecule has 1 aliphatic heterocycles. The average molecular weight is 442 g/mol. The van der Waals surface area contributed by atoms with E-state index in [2.05, 4.69) is 0 Å². The first-order chi connectivity index (χ1) is 15.2. The number of carbonyl (C=O) groups is 1. The number of nitro groups is 1. The van der Waals surface area contributed by atoms with E-state index >= 15 is 0 Å². The van der Waals surface area contributed by atoms with Crippen LogP contribution in [0.3, 0.4) is 0 Å². The Bertz CT molecular complexity index is 1200. The Morgan fingerprint density at radius 1 is 1.22 bits per heavy atom. The number of hydrogen-bond acceptors (Lipinski definition) is 7. The van der Waals surface area contributed by atoms with Crippen LogP contribution in [0.4, 0.5) is 5.69 Å². The zero-order valence-corrected chi connectivity index (χ0v) is 17.6. The van der Waals surface area contributed by atoms with Gasteiger partial charge in [-0.25, -0.2) is 4.79 Å². The van der Waals surface area contributed by atoms with E-state index in [0.717, 1.165) is 0 Å². The summed E-state index contributed by atoms with van der Waals surface area (Å²) in [6, 6.07) is 11.5. The van der Waals surface area contributed by atoms with Crippen LogP contribution < -0.4 is 4.74 Å². The van der Waals surface area contributed by atoms with Crippen molar-refractivity contribution in [1.82, 2.24) is 4.57 Å². The van der Waals surface area contributed by atoms with Crippen molar-refractivity contribution in [3.8, 4) is 5.75 Å². The molecule has 0 radical (unpaired) electrons. The van der Waals surface area contributed by atoms with Gasteiger partial charge in [-0.05, 0) is 25.1 Å². The van der Waals surface area contributed by atoms with E-state index in [1.807, 2.05) is 0 Å². The summed E-state index contributed by atoms with van der Waals surface area (Å²) in [6.45, 7) is 1.58. The van der Waals surface area contributed by atoms with Gasteiger partial charge in [0.2, 0.25) is 0 Å². The van der Waals surface area contributed by atoms with Gasteiger partial charge in [0, 0.05) is 42.8 Å².